The van der Waals surface area contributed by atoms with E-state index in [1.54, 1.807) is 0 Å². The highest BCUT2D eigenvalue weighted by atomic mass is 127. The van der Waals surface area contributed by atoms with Gasteiger partial charge in [0.15, 0.2) is 0 Å². The van der Waals surface area contributed by atoms with Crippen LogP contribution in [0.15, 0.2) is 30.6 Å². The largest absolute Gasteiger partial charge is 0.275 e. The molecule has 0 aliphatic carbocycles. The number of aryl methyl sites for hydroxylation is 2. The van der Waals surface area contributed by atoms with Crippen LogP contribution in [0.5, 0.6) is 0 Å². The highest BCUT2D eigenvalue weighted by Crippen LogP contribution is 2.24. The Morgan fingerprint density at radius 1 is 1.36 bits per heavy atom. The number of nitrogens with zero attached hydrogens (tertiary/aromatic N) is 2. The Bertz CT molecular complexity index is 460. The van der Waals surface area contributed by atoms with Gasteiger partial charge in [-0.25, -0.2) is 0 Å². The van der Waals surface area contributed by atoms with Gasteiger partial charge in [-0.05, 0) is 52.8 Å². The second kappa shape index (κ2) is 3.73. The first-order valence-electron chi connectivity index (χ1n) is 4.42. The van der Waals surface area contributed by atoms with Crippen molar-refractivity contribution in [2.45, 2.75) is 6.92 Å². The van der Waals surface area contributed by atoms with Crippen molar-refractivity contribution in [3.8, 4) is 11.1 Å². The van der Waals surface area contributed by atoms with Gasteiger partial charge in [0.1, 0.15) is 0 Å². The molecule has 0 spiro atoms. The van der Waals surface area contributed by atoms with Crippen LogP contribution in [-0.4, -0.2) is 9.78 Å². The standard InChI is InChI=1S/C11H11IN2/c1-8-3-4-10(12)5-11(8)9-6-13-14(2)7-9/h3-7H,1-2H3. The molecule has 0 aliphatic heterocycles. The van der Waals surface area contributed by atoms with Gasteiger partial charge < -0.3 is 0 Å². The Morgan fingerprint density at radius 3 is 2.79 bits per heavy atom. The zero-order valence-corrected chi connectivity index (χ0v) is 10.3. The quantitative estimate of drug-likeness (QED) is 0.740. The smallest absolute Gasteiger partial charge is 0.0568 e. The first-order chi connectivity index (χ1) is 6.66. The van der Waals surface area contributed by atoms with Crippen molar-refractivity contribution in [2.75, 3.05) is 0 Å². The van der Waals surface area contributed by atoms with Gasteiger partial charge in [-0.15, -0.1) is 0 Å². The molecule has 2 nitrogen and oxygen atoms in total. The zero-order valence-electron chi connectivity index (χ0n) is 8.16. The highest BCUT2D eigenvalue weighted by molar-refractivity contribution is 14.1. The van der Waals surface area contributed by atoms with E-state index < -0.39 is 0 Å². The van der Waals surface area contributed by atoms with Crippen molar-refractivity contribution in [3.05, 3.63) is 39.7 Å². The molecular formula is C11H11IN2. The van der Waals surface area contributed by atoms with Gasteiger partial charge in [0.25, 0.3) is 0 Å². The molecular weight excluding hydrogens is 287 g/mol. The van der Waals surface area contributed by atoms with E-state index in [-0.39, 0.29) is 0 Å². The van der Waals surface area contributed by atoms with Crippen LogP contribution in [0.25, 0.3) is 11.1 Å². The van der Waals surface area contributed by atoms with Gasteiger partial charge in [0.05, 0.1) is 6.20 Å². The minimum Gasteiger partial charge on any atom is -0.275 e. The average Bonchev–Trinajstić information content (AvgIpc) is 2.56. The molecule has 0 aliphatic rings. The van der Waals surface area contributed by atoms with Crippen molar-refractivity contribution < 1.29 is 0 Å². The van der Waals surface area contributed by atoms with Gasteiger partial charge in [-0.1, -0.05) is 6.07 Å². The van der Waals surface area contributed by atoms with Crippen molar-refractivity contribution in [3.63, 3.8) is 0 Å². The zero-order chi connectivity index (χ0) is 10.1. The number of halogens is 1. The summed E-state index contributed by atoms with van der Waals surface area (Å²) < 4.78 is 3.08. The van der Waals surface area contributed by atoms with E-state index in [4.69, 9.17) is 0 Å². The monoisotopic (exact) mass is 298 g/mol. The van der Waals surface area contributed by atoms with Crippen LogP contribution in [0.3, 0.4) is 0 Å². The Labute approximate surface area is 97.1 Å². The van der Waals surface area contributed by atoms with E-state index in [2.05, 4.69) is 52.8 Å². The Hall–Kier alpha value is -0.840. The van der Waals surface area contributed by atoms with Crippen LogP contribution in [0.4, 0.5) is 0 Å². The van der Waals surface area contributed by atoms with E-state index in [1.807, 2.05) is 24.1 Å². The van der Waals surface area contributed by atoms with E-state index in [9.17, 15) is 0 Å². The van der Waals surface area contributed by atoms with Crippen molar-refractivity contribution >= 4 is 22.6 Å². The molecule has 0 fully saturated rings. The molecule has 72 valence electrons. The molecule has 1 aromatic carbocycles. The minimum absolute atomic E-state index is 1.18. The molecule has 0 bridgehead atoms. The SMILES string of the molecule is Cc1ccc(I)cc1-c1cnn(C)c1. The maximum Gasteiger partial charge on any atom is 0.0568 e. The predicted molar refractivity (Wildman–Crippen MR) is 66.1 cm³/mol. The summed E-state index contributed by atoms with van der Waals surface area (Å²) in [6, 6.07) is 6.45. The van der Waals surface area contributed by atoms with Gasteiger partial charge in [0, 0.05) is 22.4 Å². The molecule has 1 aromatic heterocycles. The summed E-state index contributed by atoms with van der Waals surface area (Å²) in [6.07, 6.45) is 3.94. The molecule has 14 heavy (non-hydrogen) atoms. The third-order valence-electron chi connectivity index (χ3n) is 2.22. The molecule has 0 atom stereocenters. The molecule has 2 rings (SSSR count). The Kier molecular flexibility index (Phi) is 2.58. The number of aromatic nitrogens is 2. The van der Waals surface area contributed by atoms with Crippen LogP contribution >= 0.6 is 22.6 Å². The summed E-state index contributed by atoms with van der Waals surface area (Å²) in [5.74, 6) is 0. The number of hydrogen-bond donors (Lipinski definition) is 0. The maximum absolute atomic E-state index is 4.18. The average molecular weight is 298 g/mol. The second-order valence-corrected chi connectivity index (χ2v) is 4.61. The predicted octanol–water partition coefficient (Wildman–Crippen LogP) is 3.00. The molecule has 0 saturated heterocycles. The van der Waals surface area contributed by atoms with Crippen LogP contribution in [0.2, 0.25) is 0 Å². The summed E-state index contributed by atoms with van der Waals surface area (Å²) in [5, 5.41) is 4.18. The Balaban J connectivity index is 2.55. The van der Waals surface area contributed by atoms with E-state index in [0.717, 1.165) is 0 Å². The van der Waals surface area contributed by atoms with Crippen molar-refractivity contribution in [1.82, 2.24) is 9.78 Å². The molecule has 1 heterocycles. The lowest BCUT2D eigenvalue weighted by Gasteiger charge is -2.02. The minimum atomic E-state index is 1.18. The fraction of sp³-hybridized carbons (Fsp3) is 0.182. The lowest BCUT2D eigenvalue weighted by molar-refractivity contribution is 0.768. The summed E-state index contributed by atoms with van der Waals surface area (Å²) in [7, 11) is 1.94. The topological polar surface area (TPSA) is 17.8 Å². The normalized spacial score (nSPS) is 10.5. The summed E-state index contributed by atoms with van der Waals surface area (Å²) in [6.45, 7) is 2.12. The van der Waals surface area contributed by atoms with Gasteiger partial charge >= 0.3 is 0 Å². The highest BCUT2D eigenvalue weighted by Gasteiger charge is 2.03. The molecule has 0 unspecified atom stereocenters. The van der Waals surface area contributed by atoms with E-state index >= 15 is 0 Å². The van der Waals surface area contributed by atoms with Crippen molar-refractivity contribution in [2.24, 2.45) is 7.05 Å². The van der Waals surface area contributed by atoms with Crippen LogP contribution in [0, 0.1) is 10.5 Å². The summed E-state index contributed by atoms with van der Waals surface area (Å²) in [4.78, 5) is 0. The maximum atomic E-state index is 4.18. The molecule has 0 amide bonds. The Morgan fingerprint density at radius 2 is 2.14 bits per heavy atom. The molecule has 3 heteroatoms. The molecule has 2 aromatic rings. The third kappa shape index (κ3) is 1.82. The van der Waals surface area contributed by atoms with Crippen molar-refractivity contribution in [1.29, 1.82) is 0 Å². The first kappa shape index (κ1) is 9.71. The molecule has 0 saturated carbocycles. The fourth-order valence-electron chi connectivity index (χ4n) is 1.47. The number of rotatable bonds is 1. The van der Waals surface area contributed by atoms with Crippen LogP contribution in [-0.2, 0) is 7.05 Å². The van der Waals surface area contributed by atoms with Gasteiger partial charge in [-0.2, -0.15) is 5.10 Å². The van der Waals surface area contributed by atoms with Gasteiger partial charge in [-0.3, -0.25) is 4.68 Å². The van der Waals surface area contributed by atoms with E-state index in [1.165, 1.54) is 20.3 Å². The van der Waals surface area contributed by atoms with Crippen LogP contribution < -0.4 is 0 Å². The first-order valence-corrected chi connectivity index (χ1v) is 5.50. The molecule has 0 radical (unpaired) electrons. The second-order valence-electron chi connectivity index (χ2n) is 3.36. The molecule has 0 N–H and O–H groups in total. The number of benzene rings is 1. The summed E-state index contributed by atoms with van der Waals surface area (Å²) in [5.41, 5.74) is 3.74. The third-order valence-corrected chi connectivity index (χ3v) is 2.89. The lowest BCUT2D eigenvalue weighted by Crippen LogP contribution is -1.85. The van der Waals surface area contributed by atoms with E-state index in [0.29, 0.717) is 0 Å². The van der Waals surface area contributed by atoms with Crippen LogP contribution in [0.1, 0.15) is 5.56 Å². The fourth-order valence-corrected chi connectivity index (χ4v) is 1.96. The summed E-state index contributed by atoms with van der Waals surface area (Å²) >= 11 is 2.33. The number of hydrogen-bond acceptors (Lipinski definition) is 1. The lowest BCUT2D eigenvalue weighted by atomic mass is 10.0. The van der Waals surface area contributed by atoms with Gasteiger partial charge in [0.2, 0.25) is 0 Å².